The third-order valence-electron chi connectivity index (χ3n) is 2.43. The van der Waals surface area contributed by atoms with Crippen molar-refractivity contribution in [2.75, 3.05) is 0 Å². The monoisotopic (exact) mass is 360 g/mol. The van der Waals surface area contributed by atoms with Crippen LogP contribution in [-0.2, 0) is 0 Å². The molecule has 0 fully saturated rings. The normalized spacial score (nSPS) is 12.8. The van der Waals surface area contributed by atoms with Crippen molar-refractivity contribution in [2.24, 2.45) is 0 Å². The first kappa shape index (κ1) is 12.3. The summed E-state index contributed by atoms with van der Waals surface area (Å²) in [5.74, 6) is 0. The Kier molecular flexibility index (Phi) is 3.85. The minimum Gasteiger partial charge on any atom is -0.384 e. The van der Waals surface area contributed by atoms with E-state index < -0.39 is 6.10 Å². The number of benzene rings is 1. The van der Waals surface area contributed by atoms with Gasteiger partial charge >= 0.3 is 0 Å². The van der Waals surface area contributed by atoms with Crippen LogP contribution in [0.3, 0.4) is 0 Å². The first-order valence-electron chi connectivity index (χ1n) is 4.75. The first-order chi connectivity index (χ1) is 7.59. The zero-order valence-electron chi connectivity index (χ0n) is 8.58. The van der Waals surface area contributed by atoms with Gasteiger partial charge in [0.1, 0.15) is 6.10 Å². The average Bonchev–Trinajstić information content (AvgIpc) is 2.75. The summed E-state index contributed by atoms with van der Waals surface area (Å²) in [5.41, 5.74) is 2.96. The highest BCUT2D eigenvalue weighted by molar-refractivity contribution is 9.11. The van der Waals surface area contributed by atoms with Crippen LogP contribution in [0.25, 0.3) is 0 Å². The summed E-state index contributed by atoms with van der Waals surface area (Å²) in [4.78, 5) is 0. The Hall–Kier alpha value is -0.160. The molecule has 1 heterocycles. The lowest BCUT2D eigenvalue weighted by Crippen LogP contribution is -1.99. The van der Waals surface area contributed by atoms with Crippen LogP contribution in [0.2, 0.25) is 0 Å². The van der Waals surface area contributed by atoms with Crippen LogP contribution in [0, 0.1) is 6.92 Å². The van der Waals surface area contributed by atoms with Crippen molar-refractivity contribution in [3.8, 4) is 0 Å². The van der Waals surface area contributed by atoms with E-state index in [1.165, 1.54) is 0 Å². The maximum atomic E-state index is 10.2. The molecule has 2 aromatic rings. The van der Waals surface area contributed by atoms with Gasteiger partial charge < -0.3 is 5.11 Å². The number of halogens is 2. The van der Waals surface area contributed by atoms with E-state index in [2.05, 4.69) is 31.9 Å². The van der Waals surface area contributed by atoms with Crippen molar-refractivity contribution in [3.63, 3.8) is 0 Å². The van der Waals surface area contributed by atoms with Crippen LogP contribution in [0.1, 0.15) is 22.8 Å². The van der Waals surface area contributed by atoms with E-state index in [0.717, 1.165) is 25.6 Å². The van der Waals surface area contributed by atoms with E-state index in [0.29, 0.717) is 0 Å². The second kappa shape index (κ2) is 5.00. The molecular weight excluding hydrogens is 352 g/mol. The van der Waals surface area contributed by atoms with E-state index in [1.807, 2.05) is 35.9 Å². The molecule has 0 radical (unpaired) electrons. The smallest absolute Gasteiger partial charge is 0.106 e. The van der Waals surface area contributed by atoms with Crippen LogP contribution < -0.4 is 0 Å². The fourth-order valence-corrected chi connectivity index (χ4v) is 3.20. The van der Waals surface area contributed by atoms with Gasteiger partial charge in [0.2, 0.25) is 0 Å². The van der Waals surface area contributed by atoms with Crippen molar-refractivity contribution in [3.05, 3.63) is 54.6 Å². The van der Waals surface area contributed by atoms with Crippen LogP contribution in [-0.4, -0.2) is 5.11 Å². The number of hydrogen-bond acceptors (Lipinski definition) is 2. The molecule has 0 aliphatic rings. The number of aliphatic hydroxyl groups excluding tert-OH is 1. The number of aliphatic hydroxyl groups is 1. The molecule has 1 aromatic heterocycles. The number of rotatable bonds is 2. The third-order valence-corrected chi connectivity index (χ3v) is 4.67. The zero-order chi connectivity index (χ0) is 11.7. The highest BCUT2D eigenvalue weighted by atomic mass is 79.9. The maximum Gasteiger partial charge on any atom is 0.106 e. The molecule has 2 rings (SSSR count). The van der Waals surface area contributed by atoms with E-state index >= 15 is 0 Å². The summed E-state index contributed by atoms with van der Waals surface area (Å²) in [6.07, 6.45) is -0.572. The van der Waals surface area contributed by atoms with Gasteiger partial charge in [-0.3, -0.25) is 0 Å². The third kappa shape index (κ3) is 2.40. The van der Waals surface area contributed by atoms with Gasteiger partial charge in [-0.1, -0.05) is 31.9 Å². The number of aryl methyl sites for hydroxylation is 1. The van der Waals surface area contributed by atoms with Crippen LogP contribution in [0.15, 0.2) is 37.9 Å². The maximum absolute atomic E-state index is 10.2. The molecule has 0 aliphatic carbocycles. The van der Waals surface area contributed by atoms with Gasteiger partial charge in [0.05, 0.1) is 0 Å². The second-order valence-electron chi connectivity index (χ2n) is 3.58. The standard InChI is InChI=1S/C12H10Br2OS/c1-7-4-11(14)9(5-10(7)13)12(15)8-2-3-16-6-8/h2-6,12,15H,1H3. The minimum atomic E-state index is -0.572. The van der Waals surface area contributed by atoms with Gasteiger partial charge in [-0.2, -0.15) is 11.3 Å². The largest absolute Gasteiger partial charge is 0.384 e. The van der Waals surface area contributed by atoms with E-state index in [1.54, 1.807) is 11.3 Å². The molecular formula is C12H10Br2OS. The Bertz CT molecular complexity index is 494. The fourth-order valence-electron chi connectivity index (χ4n) is 1.48. The van der Waals surface area contributed by atoms with Crippen LogP contribution in [0.4, 0.5) is 0 Å². The van der Waals surface area contributed by atoms with Gasteiger partial charge in [-0.15, -0.1) is 0 Å². The highest BCUT2D eigenvalue weighted by Crippen LogP contribution is 2.33. The quantitative estimate of drug-likeness (QED) is 0.824. The second-order valence-corrected chi connectivity index (χ2v) is 6.07. The van der Waals surface area contributed by atoms with Crippen LogP contribution >= 0.6 is 43.2 Å². The number of thiophene rings is 1. The van der Waals surface area contributed by atoms with Crippen molar-refractivity contribution in [1.82, 2.24) is 0 Å². The van der Waals surface area contributed by atoms with Crippen molar-refractivity contribution in [1.29, 1.82) is 0 Å². The Labute approximate surface area is 115 Å². The van der Waals surface area contributed by atoms with Gasteiger partial charge in [0.25, 0.3) is 0 Å². The molecule has 0 saturated carbocycles. The lowest BCUT2D eigenvalue weighted by Gasteiger charge is -2.13. The Morgan fingerprint density at radius 2 is 2.00 bits per heavy atom. The van der Waals surface area contributed by atoms with E-state index in [9.17, 15) is 5.11 Å². The highest BCUT2D eigenvalue weighted by Gasteiger charge is 2.15. The fraction of sp³-hybridized carbons (Fsp3) is 0.167. The van der Waals surface area contributed by atoms with Gasteiger partial charge in [-0.05, 0) is 47.0 Å². The summed E-state index contributed by atoms with van der Waals surface area (Å²) >= 11 is 8.56. The lowest BCUT2D eigenvalue weighted by molar-refractivity contribution is 0.220. The molecule has 1 N–H and O–H groups in total. The molecule has 1 unspecified atom stereocenters. The van der Waals surface area contributed by atoms with Crippen molar-refractivity contribution in [2.45, 2.75) is 13.0 Å². The van der Waals surface area contributed by atoms with Gasteiger partial charge in [0.15, 0.2) is 0 Å². The SMILES string of the molecule is Cc1cc(Br)c(C(O)c2ccsc2)cc1Br. The van der Waals surface area contributed by atoms with Crippen LogP contribution in [0.5, 0.6) is 0 Å². The summed E-state index contributed by atoms with van der Waals surface area (Å²) in [7, 11) is 0. The first-order valence-corrected chi connectivity index (χ1v) is 7.28. The van der Waals surface area contributed by atoms with E-state index in [4.69, 9.17) is 0 Å². The minimum absolute atomic E-state index is 0.572. The number of hydrogen-bond donors (Lipinski definition) is 1. The van der Waals surface area contributed by atoms with Crippen molar-refractivity contribution >= 4 is 43.2 Å². The summed E-state index contributed by atoms with van der Waals surface area (Å²) in [5, 5.41) is 14.2. The molecule has 1 atom stereocenters. The molecule has 0 saturated heterocycles. The molecule has 0 amide bonds. The van der Waals surface area contributed by atoms with Gasteiger partial charge in [0, 0.05) is 14.5 Å². The zero-order valence-corrected chi connectivity index (χ0v) is 12.6. The molecule has 1 aromatic carbocycles. The molecule has 0 aliphatic heterocycles. The molecule has 84 valence electrons. The van der Waals surface area contributed by atoms with E-state index in [-0.39, 0.29) is 0 Å². The summed E-state index contributed by atoms with van der Waals surface area (Å²) in [6.45, 7) is 2.02. The molecule has 1 nitrogen and oxygen atoms in total. The molecule has 0 bridgehead atoms. The topological polar surface area (TPSA) is 20.2 Å². The van der Waals surface area contributed by atoms with Crippen molar-refractivity contribution < 1.29 is 5.11 Å². The van der Waals surface area contributed by atoms with Gasteiger partial charge in [-0.25, -0.2) is 0 Å². The average molecular weight is 362 g/mol. The molecule has 16 heavy (non-hydrogen) atoms. The summed E-state index contributed by atoms with van der Waals surface area (Å²) in [6, 6.07) is 5.91. The predicted octanol–water partition coefficient (Wildman–Crippen LogP) is 4.66. The Morgan fingerprint density at radius 3 is 2.62 bits per heavy atom. The predicted molar refractivity (Wildman–Crippen MR) is 75.0 cm³/mol. The molecule has 4 heteroatoms. The summed E-state index contributed by atoms with van der Waals surface area (Å²) < 4.78 is 1.95. The molecule has 0 spiro atoms. The Balaban J connectivity index is 2.44. The lowest BCUT2D eigenvalue weighted by atomic mass is 10.0. The Morgan fingerprint density at radius 1 is 1.25 bits per heavy atom.